The number of carbonyl (C=O) groups is 2. The molecule has 4 nitrogen and oxygen atoms in total. The van der Waals surface area contributed by atoms with Crippen LogP contribution in [0.2, 0.25) is 0 Å². The van der Waals surface area contributed by atoms with Crippen molar-refractivity contribution in [2.24, 2.45) is 5.92 Å². The topological polar surface area (TPSA) is 46.6 Å². The van der Waals surface area contributed by atoms with Crippen LogP contribution in [0.3, 0.4) is 0 Å². The lowest BCUT2D eigenvalue weighted by Gasteiger charge is -2.55. The quantitative estimate of drug-likeness (QED) is 0.784. The van der Waals surface area contributed by atoms with Gasteiger partial charge in [-0.3, -0.25) is 9.59 Å². The first-order valence-corrected chi connectivity index (χ1v) is 9.08. The van der Waals surface area contributed by atoms with Gasteiger partial charge in [0, 0.05) is 19.4 Å². The van der Waals surface area contributed by atoms with Crippen molar-refractivity contribution in [2.45, 2.75) is 50.2 Å². The number of thiophene rings is 1. The highest BCUT2D eigenvalue weighted by atomic mass is 32.1. The van der Waals surface area contributed by atoms with Crippen LogP contribution in [0.5, 0.6) is 0 Å². The predicted molar refractivity (Wildman–Crippen MR) is 84.0 cm³/mol. The minimum atomic E-state index is -0.0470. The van der Waals surface area contributed by atoms with Crippen molar-refractivity contribution in [3.8, 4) is 0 Å². The second-order valence-corrected chi connectivity index (χ2v) is 7.67. The summed E-state index contributed by atoms with van der Waals surface area (Å²) < 4.78 is 6.00. The van der Waals surface area contributed by atoms with Crippen molar-refractivity contribution < 1.29 is 14.3 Å². The summed E-state index contributed by atoms with van der Waals surface area (Å²) in [5.74, 6) is 0.838. The molecule has 2 atom stereocenters. The Morgan fingerprint density at radius 3 is 2.86 bits per heavy atom. The molecule has 0 bridgehead atoms. The van der Waals surface area contributed by atoms with Crippen molar-refractivity contribution in [1.29, 1.82) is 0 Å². The zero-order valence-corrected chi connectivity index (χ0v) is 13.4. The van der Waals surface area contributed by atoms with E-state index in [0.29, 0.717) is 18.8 Å². The van der Waals surface area contributed by atoms with Gasteiger partial charge in [0.15, 0.2) is 5.78 Å². The van der Waals surface area contributed by atoms with Crippen molar-refractivity contribution in [3.63, 3.8) is 0 Å². The van der Waals surface area contributed by atoms with E-state index in [1.54, 1.807) is 0 Å². The molecule has 1 spiro atoms. The Kier molecular flexibility index (Phi) is 3.57. The number of nitrogens with zero attached hydrogens (tertiary/aromatic N) is 1. The van der Waals surface area contributed by atoms with Gasteiger partial charge in [-0.05, 0) is 43.0 Å². The fraction of sp³-hybridized carbons (Fsp3) is 0.647. The molecule has 0 aromatic carbocycles. The number of likely N-dealkylation sites (tertiary alicyclic amines) is 1. The van der Waals surface area contributed by atoms with Crippen LogP contribution in [0.25, 0.3) is 0 Å². The van der Waals surface area contributed by atoms with E-state index in [1.807, 2.05) is 22.4 Å². The normalized spacial score (nSPS) is 30.5. The van der Waals surface area contributed by atoms with Crippen LogP contribution in [-0.4, -0.2) is 41.4 Å². The van der Waals surface area contributed by atoms with Crippen molar-refractivity contribution in [2.75, 3.05) is 13.2 Å². The number of ketones is 1. The summed E-state index contributed by atoms with van der Waals surface area (Å²) in [4.78, 5) is 27.3. The zero-order chi connectivity index (χ0) is 15.2. The van der Waals surface area contributed by atoms with Crippen LogP contribution < -0.4 is 0 Å². The van der Waals surface area contributed by atoms with Gasteiger partial charge < -0.3 is 9.64 Å². The van der Waals surface area contributed by atoms with Crippen LogP contribution in [0.15, 0.2) is 17.5 Å². The second kappa shape index (κ2) is 5.46. The third-order valence-electron chi connectivity index (χ3n) is 5.20. The van der Waals surface area contributed by atoms with E-state index in [2.05, 4.69) is 0 Å². The molecule has 3 aliphatic rings. The standard InChI is InChI=1S/C17H21NO3S/c19-13(14-3-1-10-22-14)6-7-15(20)18-11-17(8-2-9-21-17)16(18)12-4-5-12/h1,3,10,12,16H,2,4-9,11H2/t16-,17-/m0/s1. The monoisotopic (exact) mass is 319 g/mol. The minimum absolute atomic E-state index is 0.0470. The van der Waals surface area contributed by atoms with Gasteiger partial charge in [0.2, 0.25) is 5.91 Å². The van der Waals surface area contributed by atoms with Gasteiger partial charge in [-0.15, -0.1) is 11.3 Å². The molecule has 1 amide bonds. The molecule has 118 valence electrons. The molecule has 1 aromatic rings. The van der Waals surface area contributed by atoms with Gasteiger partial charge in [-0.2, -0.15) is 0 Å². The van der Waals surface area contributed by atoms with E-state index in [1.165, 1.54) is 24.2 Å². The van der Waals surface area contributed by atoms with Crippen LogP contribution in [0.1, 0.15) is 48.2 Å². The molecule has 1 saturated carbocycles. The molecule has 0 unspecified atom stereocenters. The average molecular weight is 319 g/mol. The molecular weight excluding hydrogens is 298 g/mol. The Labute approximate surface area is 134 Å². The Morgan fingerprint density at radius 2 is 2.23 bits per heavy atom. The Hall–Kier alpha value is -1.20. The molecule has 3 fully saturated rings. The fourth-order valence-electron chi connectivity index (χ4n) is 3.99. The number of hydrogen-bond acceptors (Lipinski definition) is 4. The zero-order valence-electron chi connectivity index (χ0n) is 12.6. The molecule has 1 aromatic heterocycles. The third-order valence-corrected chi connectivity index (χ3v) is 6.11. The molecular formula is C17H21NO3S. The Morgan fingerprint density at radius 1 is 1.36 bits per heavy atom. The molecule has 0 radical (unpaired) electrons. The first-order chi connectivity index (χ1) is 10.7. The van der Waals surface area contributed by atoms with Crippen LogP contribution in [0.4, 0.5) is 0 Å². The van der Waals surface area contributed by atoms with E-state index in [9.17, 15) is 9.59 Å². The van der Waals surface area contributed by atoms with Gasteiger partial charge in [-0.1, -0.05) is 6.07 Å². The molecule has 4 rings (SSSR count). The SMILES string of the molecule is O=C(CCC(=O)N1C[C@@]2(CCCO2)[C@@H]1C1CC1)c1cccs1. The molecule has 3 heterocycles. The number of Topliss-reactive ketones (excluding diaryl/α,β-unsaturated/α-hetero) is 1. The average Bonchev–Trinajstić information content (AvgIpc) is 3.00. The summed E-state index contributed by atoms with van der Waals surface area (Å²) in [5, 5.41) is 1.90. The lowest BCUT2D eigenvalue weighted by molar-refractivity contribution is -0.184. The van der Waals surface area contributed by atoms with E-state index in [0.717, 1.165) is 30.9 Å². The third kappa shape index (κ3) is 2.40. The van der Waals surface area contributed by atoms with Crippen molar-refractivity contribution >= 4 is 23.0 Å². The summed E-state index contributed by atoms with van der Waals surface area (Å²) in [6.45, 7) is 1.57. The summed E-state index contributed by atoms with van der Waals surface area (Å²) in [7, 11) is 0. The summed E-state index contributed by atoms with van der Waals surface area (Å²) in [6.07, 6.45) is 5.28. The van der Waals surface area contributed by atoms with E-state index in [4.69, 9.17) is 4.74 Å². The molecule has 0 N–H and O–H groups in total. The van der Waals surface area contributed by atoms with Crippen LogP contribution >= 0.6 is 11.3 Å². The van der Waals surface area contributed by atoms with E-state index in [-0.39, 0.29) is 23.3 Å². The van der Waals surface area contributed by atoms with Gasteiger partial charge in [0.1, 0.15) is 5.60 Å². The highest BCUT2D eigenvalue weighted by Crippen LogP contribution is 2.51. The van der Waals surface area contributed by atoms with Crippen LogP contribution in [0, 0.1) is 5.92 Å². The number of hydrogen-bond donors (Lipinski definition) is 0. The first kappa shape index (κ1) is 14.4. The van der Waals surface area contributed by atoms with Gasteiger partial charge in [0.25, 0.3) is 0 Å². The Bertz CT molecular complexity index is 573. The lowest BCUT2D eigenvalue weighted by atomic mass is 9.77. The highest BCUT2D eigenvalue weighted by Gasteiger charge is 2.61. The van der Waals surface area contributed by atoms with Gasteiger partial charge in [-0.25, -0.2) is 0 Å². The maximum absolute atomic E-state index is 12.5. The predicted octanol–water partition coefficient (Wildman–Crippen LogP) is 2.88. The highest BCUT2D eigenvalue weighted by molar-refractivity contribution is 7.12. The van der Waals surface area contributed by atoms with Crippen molar-refractivity contribution in [3.05, 3.63) is 22.4 Å². The minimum Gasteiger partial charge on any atom is -0.371 e. The number of rotatable bonds is 5. The summed E-state index contributed by atoms with van der Waals surface area (Å²) in [5.41, 5.74) is -0.0470. The molecule has 2 saturated heterocycles. The number of amides is 1. The molecule has 22 heavy (non-hydrogen) atoms. The Balaban J connectivity index is 1.36. The second-order valence-electron chi connectivity index (χ2n) is 6.72. The number of carbonyl (C=O) groups excluding carboxylic acids is 2. The maximum Gasteiger partial charge on any atom is 0.223 e. The fourth-order valence-corrected chi connectivity index (χ4v) is 4.69. The van der Waals surface area contributed by atoms with Crippen LogP contribution in [-0.2, 0) is 9.53 Å². The van der Waals surface area contributed by atoms with Gasteiger partial charge in [0.05, 0.1) is 17.5 Å². The summed E-state index contributed by atoms with van der Waals surface area (Å²) in [6, 6.07) is 3.98. The van der Waals surface area contributed by atoms with Crippen molar-refractivity contribution in [1.82, 2.24) is 4.90 Å². The first-order valence-electron chi connectivity index (χ1n) is 8.20. The maximum atomic E-state index is 12.5. The lowest BCUT2D eigenvalue weighted by Crippen LogP contribution is -2.71. The largest absolute Gasteiger partial charge is 0.371 e. The number of ether oxygens (including phenoxy) is 1. The van der Waals surface area contributed by atoms with E-state index < -0.39 is 0 Å². The molecule has 5 heteroatoms. The molecule has 2 aliphatic heterocycles. The summed E-state index contributed by atoms with van der Waals surface area (Å²) >= 11 is 1.45. The molecule has 1 aliphatic carbocycles. The smallest absolute Gasteiger partial charge is 0.223 e. The van der Waals surface area contributed by atoms with Gasteiger partial charge >= 0.3 is 0 Å². The van der Waals surface area contributed by atoms with E-state index >= 15 is 0 Å².